The number of nitrogens with two attached hydrogens (primary N) is 1. The van der Waals surface area contributed by atoms with Crippen LogP contribution in [-0.4, -0.2) is 12.5 Å². The van der Waals surface area contributed by atoms with Crippen LogP contribution in [0.5, 0.6) is 5.75 Å². The summed E-state index contributed by atoms with van der Waals surface area (Å²) in [6.45, 7) is -1.05. The van der Waals surface area contributed by atoms with Crippen LogP contribution in [0, 0.1) is 6.92 Å². The molecule has 1 amide bonds. The number of hydrogen-bond donors (Lipinski definition) is 2. The number of nitrogen functional groups attached to an aromatic ring is 1. The highest BCUT2D eigenvalue weighted by Crippen LogP contribution is 2.20. The Morgan fingerprint density at radius 2 is 1.86 bits per heavy atom. The van der Waals surface area contributed by atoms with Crippen molar-refractivity contribution in [1.82, 2.24) is 0 Å². The van der Waals surface area contributed by atoms with Crippen LogP contribution >= 0.6 is 0 Å². The molecule has 2 aromatic rings. The molecule has 4 nitrogen and oxygen atoms in total. The molecule has 0 spiro atoms. The van der Waals surface area contributed by atoms with Gasteiger partial charge in [0.05, 0.1) is 0 Å². The van der Waals surface area contributed by atoms with Crippen molar-refractivity contribution in [3.63, 3.8) is 0 Å². The van der Waals surface area contributed by atoms with E-state index in [-0.39, 0.29) is 11.7 Å². The highest BCUT2D eigenvalue weighted by atomic mass is 19.3. The number of hydrogen-bond acceptors (Lipinski definition) is 3. The SMILES string of the molecule is Cc1ccc(N)cc1NC(=O)c1ccc(OC(F)F)cc1. The summed E-state index contributed by atoms with van der Waals surface area (Å²) in [5, 5.41) is 2.72. The van der Waals surface area contributed by atoms with Crippen LogP contribution in [0.1, 0.15) is 15.9 Å². The normalized spacial score (nSPS) is 10.5. The molecule has 0 aliphatic carbocycles. The Hall–Kier alpha value is -2.63. The van der Waals surface area contributed by atoms with Gasteiger partial charge in [0.25, 0.3) is 5.91 Å². The Bertz CT molecular complexity index is 643. The second kappa shape index (κ2) is 6.21. The van der Waals surface area contributed by atoms with Crippen LogP contribution in [-0.2, 0) is 0 Å². The molecule has 0 heterocycles. The molecule has 110 valence electrons. The number of amides is 1. The topological polar surface area (TPSA) is 64.3 Å². The summed E-state index contributed by atoms with van der Waals surface area (Å²) in [4.78, 5) is 12.1. The number of benzene rings is 2. The molecule has 21 heavy (non-hydrogen) atoms. The summed E-state index contributed by atoms with van der Waals surface area (Å²) in [5.74, 6) is -0.353. The zero-order valence-electron chi connectivity index (χ0n) is 11.3. The van der Waals surface area contributed by atoms with Crippen molar-refractivity contribution < 1.29 is 18.3 Å². The zero-order chi connectivity index (χ0) is 15.4. The van der Waals surface area contributed by atoms with Gasteiger partial charge in [0.1, 0.15) is 5.75 Å². The predicted octanol–water partition coefficient (Wildman–Crippen LogP) is 3.43. The lowest BCUT2D eigenvalue weighted by molar-refractivity contribution is -0.0498. The van der Waals surface area contributed by atoms with Gasteiger partial charge in [-0.25, -0.2) is 0 Å². The summed E-state index contributed by atoms with van der Waals surface area (Å²) in [7, 11) is 0. The number of alkyl halides is 2. The van der Waals surface area contributed by atoms with Crippen molar-refractivity contribution in [2.24, 2.45) is 0 Å². The highest BCUT2D eigenvalue weighted by Gasteiger charge is 2.09. The molecule has 0 aliphatic rings. The number of halogens is 2. The van der Waals surface area contributed by atoms with Gasteiger partial charge in [-0.1, -0.05) is 6.07 Å². The molecule has 0 radical (unpaired) electrons. The predicted molar refractivity (Wildman–Crippen MR) is 76.6 cm³/mol. The standard InChI is InChI=1S/C15H14F2N2O2/c1-9-2-5-11(18)8-13(9)19-14(20)10-3-6-12(7-4-10)21-15(16)17/h2-8,15H,18H2,1H3,(H,19,20). The number of nitrogens with one attached hydrogen (secondary N) is 1. The van der Waals surface area contributed by atoms with E-state index in [9.17, 15) is 13.6 Å². The third-order valence-electron chi connectivity index (χ3n) is 2.85. The van der Waals surface area contributed by atoms with E-state index < -0.39 is 6.61 Å². The third-order valence-corrected chi connectivity index (χ3v) is 2.85. The molecule has 0 aliphatic heterocycles. The number of carbonyl (C=O) groups is 1. The summed E-state index contributed by atoms with van der Waals surface area (Å²) < 4.78 is 28.3. The largest absolute Gasteiger partial charge is 0.435 e. The van der Waals surface area contributed by atoms with Gasteiger partial charge in [0.2, 0.25) is 0 Å². The second-order valence-electron chi connectivity index (χ2n) is 4.43. The number of rotatable bonds is 4. The number of aryl methyl sites for hydroxylation is 1. The Labute approximate surface area is 120 Å². The van der Waals surface area contributed by atoms with Gasteiger partial charge in [0, 0.05) is 16.9 Å². The molecule has 0 atom stereocenters. The smallest absolute Gasteiger partial charge is 0.387 e. The van der Waals surface area contributed by atoms with E-state index in [1.807, 2.05) is 6.92 Å². The van der Waals surface area contributed by atoms with E-state index in [1.165, 1.54) is 24.3 Å². The van der Waals surface area contributed by atoms with Gasteiger partial charge >= 0.3 is 6.61 Å². The maximum Gasteiger partial charge on any atom is 0.387 e. The molecular formula is C15H14F2N2O2. The van der Waals surface area contributed by atoms with E-state index in [0.29, 0.717) is 16.9 Å². The molecule has 0 aromatic heterocycles. The monoisotopic (exact) mass is 292 g/mol. The number of carbonyl (C=O) groups excluding carboxylic acids is 1. The van der Waals surface area contributed by atoms with Crippen molar-refractivity contribution in [2.75, 3.05) is 11.1 Å². The highest BCUT2D eigenvalue weighted by molar-refractivity contribution is 6.04. The van der Waals surface area contributed by atoms with E-state index in [4.69, 9.17) is 5.73 Å². The fourth-order valence-corrected chi connectivity index (χ4v) is 1.76. The van der Waals surface area contributed by atoms with Crippen molar-refractivity contribution in [2.45, 2.75) is 13.5 Å². The maximum absolute atomic E-state index is 12.1. The van der Waals surface area contributed by atoms with E-state index in [1.54, 1.807) is 18.2 Å². The lowest BCUT2D eigenvalue weighted by atomic mass is 10.1. The molecule has 2 rings (SSSR count). The quantitative estimate of drug-likeness (QED) is 0.848. The third kappa shape index (κ3) is 3.92. The lowest BCUT2D eigenvalue weighted by Crippen LogP contribution is -2.13. The fourth-order valence-electron chi connectivity index (χ4n) is 1.76. The van der Waals surface area contributed by atoms with Gasteiger partial charge in [-0.3, -0.25) is 4.79 Å². The van der Waals surface area contributed by atoms with E-state index in [0.717, 1.165) is 5.56 Å². The molecule has 6 heteroatoms. The zero-order valence-corrected chi connectivity index (χ0v) is 11.3. The average Bonchev–Trinajstić information content (AvgIpc) is 2.43. The van der Waals surface area contributed by atoms with Crippen LogP contribution in [0.15, 0.2) is 42.5 Å². The van der Waals surface area contributed by atoms with E-state index >= 15 is 0 Å². The lowest BCUT2D eigenvalue weighted by Gasteiger charge is -2.10. The first-order valence-electron chi connectivity index (χ1n) is 6.18. The molecule has 3 N–H and O–H groups in total. The number of anilines is 2. The van der Waals surface area contributed by atoms with Crippen molar-refractivity contribution in [3.05, 3.63) is 53.6 Å². The second-order valence-corrected chi connectivity index (χ2v) is 4.43. The van der Waals surface area contributed by atoms with Gasteiger partial charge in [-0.05, 0) is 48.9 Å². The Balaban J connectivity index is 2.11. The first kappa shape index (κ1) is 14.8. The van der Waals surface area contributed by atoms with Gasteiger partial charge in [-0.2, -0.15) is 8.78 Å². The number of ether oxygens (including phenoxy) is 1. The van der Waals surface area contributed by atoms with Crippen LogP contribution in [0.4, 0.5) is 20.2 Å². The molecule has 0 saturated heterocycles. The molecule has 0 bridgehead atoms. The van der Waals surface area contributed by atoms with Crippen molar-refractivity contribution >= 4 is 17.3 Å². The first-order chi connectivity index (χ1) is 9.95. The van der Waals surface area contributed by atoms with Crippen molar-refractivity contribution in [1.29, 1.82) is 0 Å². The molecule has 0 fully saturated rings. The maximum atomic E-state index is 12.1. The summed E-state index contributed by atoms with van der Waals surface area (Å²) >= 11 is 0. The summed E-state index contributed by atoms with van der Waals surface area (Å²) in [6, 6.07) is 10.6. The Morgan fingerprint density at radius 3 is 2.48 bits per heavy atom. The van der Waals surface area contributed by atoms with Crippen LogP contribution < -0.4 is 15.8 Å². The molecule has 0 unspecified atom stereocenters. The molecule has 2 aromatic carbocycles. The van der Waals surface area contributed by atoms with Gasteiger partial charge < -0.3 is 15.8 Å². The van der Waals surface area contributed by atoms with Crippen LogP contribution in [0.3, 0.4) is 0 Å². The van der Waals surface area contributed by atoms with Crippen LogP contribution in [0.2, 0.25) is 0 Å². The van der Waals surface area contributed by atoms with E-state index in [2.05, 4.69) is 10.1 Å². The van der Waals surface area contributed by atoms with Crippen molar-refractivity contribution in [3.8, 4) is 5.75 Å². The minimum Gasteiger partial charge on any atom is -0.435 e. The summed E-state index contributed by atoms with van der Waals surface area (Å²) in [5.41, 5.74) is 8.01. The molecule has 0 saturated carbocycles. The first-order valence-corrected chi connectivity index (χ1v) is 6.18. The Morgan fingerprint density at radius 1 is 1.19 bits per heavy atom. The average molecular weight is 292 g/mol. The molecular weight excluding hydrogens is 278 g/mol. The Kier molecular flexibility index (Phi) is 4.37. The fraction of sp³-hybridized carbons (Fsp3) is 0.133. The minimum absolute atomic E-state index is 0.00156. The van der Waals surface area contributed by atoms with Gasteiger partial charge in [0.15, 0.2) is 0 Å². The minimum atomic E-state index is -2.89. The summed E-state index contributed by atoms with van der Waals surface area (Å²) in [6.07, 6.45) is 0. The van der Waals surface area contributed by atoms with Gasteiger partial charge in [-0.15, -0.1) is 0 Å². The van der Waals surface area contributed by atoms with Crippen LogP contribution in [0.25, 0.3) is 0 Å².